The summed E-state index contributed by atoms with van der Waals surface area (Å²) in [5, 5.41) is 3.86. The van der Waals surface area contributed by atoms with Gasteiger partial charge in [-0.2, -0.15) is 4.98 Å². The van der Waals surface area contributed by atoms with E-state index >= 15 is 0 Å². The molecular weight excluding hydrogens is 362 g/mol. The highest BCUT2D eigenvalue weighted by Gasteiger charge is 2.16. The largest absolute Gasteiger partial charge is 0.324 e. The van der Waals surface area contributed by atoms with Crippen molar-refractivity contribution in [1.29, 1.82) is 0 Å². The van der Waals surface area contributed by atoms with E-state index < -0.39 is 5.82 Å². The first kappa shape index (κ1) is 15.9. The molecule has 0 unspecified atom stereocenters. The maximum atomic E-state index is 14.0. The molecule has 4 nitrogen and oxygen atoms in total. The molecule has 3 rings (SSSR count). The minimum absolute atomic E-state index is 0.0284. The van der Waals surface area contributed by atoms with Crippen molar-refractivity contribution in [2.24, 2.45) is 0 Å². The lowest BCUT2D eigenvalue weighted by atomic mass is 10.2. The van der Waals surface area contributed by atoms with E-state index in [0.717, 1.165) is 5.69 Å². The van der Waals surface area contributed by atoms with Gasteiger partial charge in [0.15, 0.2) is 5.82 Å². The summed E-state index contributed by atoms with van der Waals surface area (Å²) in [6, 6.07) is 9.55. The summed E-state index contributed by atoms with van der Waals surface area (Å²) in [4.78, 5) is 12.1. The average molecular weight is 370 g/mol. The number of halogens is 4. The van der Waals surface area contributed by atoms with Gasteiger partial charge in [0.1, 0.15) is 12.1 Å². The Morgan fingerprint density at radius 3 is 2.39 bits per heavy atom. The molecule has 0 spiro atoms. The maximum Gasteiger partial charge on any atom is 0.230 e. The van der Waals surface area contributed by atoms with Gasteiger partial charge in [-0.15, -0.1) is 0 Å². The fourth-order valence-electron chi connectivity index (χ4n) is 1.87. The molecule has 0 saturated carbocycles. The van der Waals surface area contributed by atoms with Gasteiger partial charge in [-0.25, -0.2) is 14.4 Å². The monoisotopic (exact) mass is 368 g/mol. The SMILES string of the molecule is Fc1ccc(Cl)c(Cl)c1-c1ncnc(Nc2ccc(Cl)cc2)n1. The first-order chi connectivity index (χ1) is 11.0. The van der Waals surface area contributed by atoms with Crippen molar-refractivity contribution in [2.45, 2.75) is 0 Å². The zero-order chi connectivity index (χ0) is 16.4. The smallest absolute Gasteiger partial charge is 0.230 e. The van der Waals surface area contributed by atoms with Crippen LogP contribution in [0.5, 0.6) is 0 Å². The normalized spacial score (nSPS) is 10.6. The van der Waals surface area contributed by atoms with Gasteiger partial charge in [0, 0.05) is 10.7 Å². The van der Waals surface area contributed by atoms with Crippen molar-refractivity contribution >= 4 is 46.4 Å². The van der Waals surface area contributed by atoms with E-state index in [0.29, 0.717) is 5.02 Å². The van der Waals surface area contributed by atoms with Crippen LogP contribution in [0, 0.1) is 5.82 Å². The zero-order valence-electron chi connectivity index (χ0n) is 11.4. The van der Waals surface area contributed by atoms with Crippen LogP contribution in [-0.4, -0.2) is 15.0 Å². The molecule has 8 heteroatoms. The number of anilines is 2. The highest BCUT2D eigenvalue weighted by Crippen LogP contribution is 2.34. The summed E-state index contributed by atoms with van der Waals surface area (Å²) < 4.78 is 14.0. The van der Waals surface area contributed by atoms with Gasteiger partial charge in [0.25, 0.3) is 0 Å². The number of hydrogen-bond acceptors (Lipinski definition) is 4. The second-order valence-electron chi connectivity index (χ2n) is 4.48. The molecule has 0 saturated heterocycles. The van der Waals surface area contributed by atoms with E-state index in [4.69, 9.17) is 34.8 Å². The van der Waals surface area contributed by atoms with Gasteiger partial charge in [0.2, 0.25) is 5.95 Å². The summed E-state index contributed by atoms with van der Waals surface area (Å²) in [5.41, 5.74) is 0.755. The quantitative estimate of drug-likeness (QED) is 0.630. The number of benzene rings is 2. The topological polar surface area (TPSA) is 50.7 Å². The Bertz CT molecular complexity index is 856. The number of nitrogens with zero attached hydrogens (tertiary/aromatic N) is 3. The van der Waals surface area contributed by atoms with Gasteiger partial charge < -0.3 is 5.32 Å². The van der Waals surface area contributed by atoms with Gasteiger partial charge in [-0.3, -0.25) is 0 Å². The third kappa shape index (κ3) is 3.52. The molecule has 0 radical (unpaired) electrons. The van der Waals surface area contributed by atoms with Crippen molar-refractivity contribution in [3.63, 3.8) is 0 Å². The van der Waals surface area contributed by atoms with Crippen LogP contribution in [-0.2, 0) is 0 Å². The fraction of sp³-hybridized carbons (Fsp3) is 0. The Balaban J connectivity index is 1.97. The van der Waals surface area contributed by atoms with Crippen LogP contribution in [0.25, 0.3) is 11.4 Å². The lowest BCUT2D eigenvalue weighted by Gasteiger charge is -2.08. The molecule has 23 heavy (non-hydrogen) atoms. The Hall–Kier alpha value is -1.95. The van der Waals surface area contributed by atoms with E-state index in [1.54, 1.807) is 24.3 Å². The standard InChI is InChI=1S/C15H8Cl3FN4/c16-8-1-3-9(4-2-8)22-15-21-7-20-14(23-15)12-11(19)6-5-10(17)13(12)18/h1-7H,(H,20,21,22,23). The van der Waals surface area contributed by atoms with Crippen LogP contribution in [0.1, 0.15) is 0 Å². The Morgan fingerprint density at radius 1 is 0.913 bits per heavy atom. The van der Waals surface area contributed by atoms with Crippen LogP contribution in [0.15, 0.2) is 42.7 Å². The Kier molecular flexibility index (Phi) is 4.61. The molecule has 116 valence electrons. The molecule has 0 fully saturated rings. The minimum Gasteiger partial charge on any atom is -0.324 e. The number of nitrogens with one attached hydrogen (secondary N) is 1. The van der Waals surface area contributed by atoms with Gasteiger partial charge >= 0.3 is 0 Å². The van der Waals surface area contributed by atoms with E-state index in [1.165, 1.54) is 18.5 Å². The van der Waals surface area contributed by atoms with Crippen LogP contribution >= 0.6 is 34.8 Å². The van der Waals surface area contributed by atoms with Crippen LogP contribution < -0.4 is 5.32 Å². The zero-order valence-corrected chi connectivity index (χ0v) is 13.7. The fourth-order valence-corrected chi connectivity index (χ4v) is 2.39. The molecule has 1 N–H and O–H groups in total. The van der Waals surface area contributed by atoms with Crippen molar-refractivity contribution in [2.75, 3.05) is 5.32 Å². The molecule has 0 aliphatic carbocycles. The third-order valence-corrected chi connectivity index (χ3v) is 4.00. The molecule has 3 aromatic rings. The van der Waals surface area contributed by atoms with Crippen LogP contribution in [0.3, 0.4) is 0 Å². The third-order valence-electron chi connectivity index (χ3n) is 2.94. The van der Waals surface area contributed by atoms with Crippen LogP contribution in [0.4, 0.5) is 16.0 Å². The summed E-state index contributed by atoms with van der Waals surface area (Å²) >= 11 is 17.8. The van der Waals surface area contributed by atoms with Gasteiger partial charge in [-0.05, 0) is 36.4 Å². The van der Waals surface area contributed by atoms with E-state index in [2.05, 4.69) is 20.3 Å². The number of aromatic nitrogens is 3. The predicted molar refractivity (Wildman–Crippen MR) is 90.0 cm³/mol. The van der Waals surface area contributed by atoms with E-state index in [-0.39, 0.29) is 27.4 Å². The van der Waals surface area contributed by atoms with E-state index in [9.17, 15) is 4.39 Å². The van der Waals surface area contributed by atoms with Crippen molar-refractivity contribution in [3.05, 3.63) is 63.6 Å². The van der Waals surface area contributed by atoms with Crippen LogP contribution in [0.2, 0.25) is 15.1 Å². The summed E-state index contributed by atoms with van der Waals surface area (Å²) in [7, 11) is 0. The molecular formula is C15H8Cl3FN4. The minimum atomic E-state index is -0.567. The van der Waals surface area contributed by atoms with Crippen molar-refractivity contribution < 1.29 is 4.39 Å². The average Bonchev–Trinajstić information content (AvgIpc) is 2.54. The summed E-state index contributed by atoms with van der Waals surface area (Å²) in [6.07, 6.45) is 1.26. The first-order valence-corrected chi connectivity index (χ1v) is 7.53. The molecule has 1 aromatic heterocycles. The molecule has 1 heterocycles. The van der Waals surface area contributed by atoms with Gasteiger partial charge in [0.05, 0.1) is 15.6 Å². The molecule has 0 amide bonds. The van der Waals surface area contributed by atoms with Crippen molar-refractivity contribution in [1.82, 2.24) is 15.0 Å². The second-order valence-corrected chi connectivity index (χ2v) is 5.70. The Morgan fingerprint density at radius 2 is 1.65 bits per heavy atom. The highest BCUT2D eigenvalue weighted by molar-refractivity contribution is 6.43. The number of hydrogen-bond donors (Lipinski definition) is 1. The molecule has 2 aromatic carbocycles. The maximum absolute atomic E-state index is 14.0. The predicted octanol–water partition coefficient (Wildman–Crippen LogP) is 5.38. The lowest BCUT2D eigenvalue weighted by Crippen LogP contribution is -2.01. The molecule has 0 bridgehead atoms. The molecule has 0 aliphatic heterocycles. The molecule has 0 aliphatic rings. The number of rotatable bonds is 3. The van der Waals surface area contributed by atoms with E-state index in [1.807, 2.05) is 0 Å². The lowest BCUT2D eigenvalue weighted by molar-refractivity contribution is 0.630. The van der Waals surface area contributed by atoms with Gasteiger partial charge in [-0.1, -0.05) is 34.8 Å². The highest BCUT2D eigenvalue weighted by atomic mass is 35.5. The Labute approximate surface area is 146 Å². The van der Waals surface area contributed by atoms with Crippen molar-refractivity contribution in [3.8, 4) is 11.4 Å². The summed E-state index contributed by atoms with van der Waals surface area (Å²) in [6.45, 7) is 0. The molecule has 0 atom stereocenters. The second kappa shape index (κ2) is 6.66. The first-order valence-electron chi connectivity index (χ1n) is 6.40. The summed E-state index contributed by atoms with van der Waals surface area (Å²) in [5.74, 6) is -0.239.